The Hall–Kier alpha value is -2.75. The highest BCUT2D eigenvalue weighted by Gasteiger charge is 2.26. The molecule has 4 heteroatoms. The smallest absolute Gasteiger partial charge is 0.244 e. The molecule has 0 atom stereocenters. The van der Waals surface area contributed by atoms with Gasteiger partial charge in [0.05, 0.1) is 0 Å². The lowest BCUT2D eigenvalue weighted by molar-refractivity contribution is -0.116. The predicted molar refractivity (Wildman–Crippen MR) is 117 cm³/mol. The molecule has 28 heavy (non-hydrogen) atoms. The highest BCUT2D eigenvalue weighted by Crippen LogP contribution is 2.39. The van der Waals surface area contributed by atoms with Gasteiger partial charge in [0, 0.05) is 18.3 Å². The summed E-state index contributed by atoms with van der Waals surface area (Å²) in [7, 11) is 0. The zero-order chi connectivity index (χ0) is 21.1. The van der Waals surface area contributed by atoms with Crippen molar-refractivity contribution in [1.82, 2.24) is 5.32 Å². The van der Waals surface area contributed by atoms with Crippen LogP contribution >= 0.6 is 0 Å². The number of phenolic OH excluding ortho intramolecular Hbond substituents is 1. The van der Waals surface area contributed by atoms with Gasteiger partial charge in [-0.25, -0.2) is 0 Å². The van der Waals surface area contributed by atoms with Gasteiger partial charge in [-0.15, -0.1) is 0 Å². The van der Waals surface area contributed by atoms with Gasteiger partial charge in [0.25, 0.3) is 0 Å². The summed E-state index contributed by atoms with van der Waals surface area (Å²) in [6, 6.07) is 11.3. The molecular formula is C24H32N2O2. The third-order valence-corrected chi connectivity index (χ3v) is 4.62. The molecule has 2 aromatic carbocycles. The second-order valence-electron chi connectivity index (χ2n) is 9.26. The molecule has 0 spiro atoms. The van der Waals surface area contributed by atoms with Crippen molar-refractivity contribution in [2.24, 2.45) is 0 Å². The Morgan fingerprint density at radius 2 is 1.50 bits per heavy atom. The average Bonchev–Trinajstić information content (AvgIpc) is 2.58. The van der Waals surface area contributed by atoms with Crippen molar-refractivity contribution in [3.63, 3.8) is 0 Å². The Bertz CT molecular complexity index is 832. The van der Waals surface area contributed by atoms with Crippen LogP contribution in [0.15, 0.2) is 42.5 Å². The molecule has 0 aliphatic heterocycles. The Balaban J connectivity index is 2.19. The number of nitrogens with one attached hydrogen (secondary N) is 1. The molecule has 0 fully saturated rings. The van der Waals surface area contributed by atoms with Crippen molar-refractivity contribution in [3.8, 4) is 5.75 Å². The van der Waals surface area contributed by atoms with Crippen LogP contribution in [0.3, 0.4) is 0 Å². The van der Waals surface area contributed by atoms with Crippen LogP contribution in [-0.2, 0) is 22.2 Å². The van der Waals surface area contributed by atoms with Crippen LogP contribution in [0.1, 0.15) is 63.8 Å². The molecule has 0 saturated heterocycles. The molecule has 0 aliphatic carbocycles. The minimum atomic E-state index is -0.195. The second-order valence-corrected chi connectivity index (χ2v) is 9.26. The maximum Gasteiger partial charge on any atom is 0.244 e. The van der Waals surface area contributed by atoms with Crippen LogP contribution in [0, 0.1) is 0 Å². The maximum atomic E-state index is 12.2. The van der Waals surface area contributed by atoms with Crippen molar-refractivity contribution in [1.29, 1.82) is 0 Å². The predicted octanol–water partition coefficient (Wildman–Crippen LogP) is 4.90. The zero-order valence-electron chi connectivity index (χ0n) is 17.8. The molecule has 0 aromatic heterocycles. The zero-order valence-corrected chi connectivity index (χ0v) is 17.8. The van der Waals surface area contributed by atoms with Crippen LogP contribution in [-0.4, -0.2) is 11.0 Å². The number of benzene rings is 2. The van der Waals surface area contributed by atoms with Gasteiger partial charge >= 0.3 is 0 Å². The Morgan fingerprint density at radius 1 is 1.00 bits per heavy atom. The van der Waals surface area contributed by atoms with Crippen LogP contribution in [0.25, 0.3) is 6.08 Å². The summed E-state index contributed by atoms with van der Waals surface area (Å²) in [5.41, 5.74) is 9.64. The highest BCUT2D eigenvalue weighted by atomic mass is 16.3. The van der Waals surface area contributed by atoms with Gasteiger partial charge < -0.3 is 16.2 Å². The number of nitrogen functional groups attached to an aromatic ring is 1. The minimum absolute atomic E-state index is 0.167. The van der Waals surface area contributed by atoms with E-state index in [1.807, 2.05) is 24.3 Å². The number of carbonyl (C=O) groups is 1. The first-order chi connectivity index (χ1) is 12.9. The van der Waals surface area contributed by atoms with Gasteiger partial charge in [-0.3, -0.25) is 4.79 Å². The molecule has 0 heterocycles. The lowest BCUT2D eigenvalue weighted by Gasteiger charge is -2.28. The maximum absolute atomic E-state index is 12.2. The van der Waals surface area contributed by atoms with Crippen molar-refractivity contribution in [3.05, 3.63) is 64.7 Å². The number of hydrogen-bond acceptors (Lipinski definition) is 3. The number of hydrogen-bond donors (Lipinski definition) is 3. The summed E-state index contributed by atoms with van der Waals surface area (Å²) in [4.78, 5) is 12.2. The molecule has 0 radical (unpaired) electrons. The highest BCUT2D eigenvalue weighted by molar-refractivity contribution is 5.91. The van der Waals surface area contributed by atoms with E-state index in [1.165, 1.54) is 6.08 Å². The Kier molecular flexibility index (Phi) is 6.23. The van der Waals surface area contributed by atoms with E-state index in [2.05, 4.69) is 46.9 Å². The van der Waals surface area contributed by atoms with E-state index in [4.69, 9.17) is 5.73 Å². The summed E-state index contributed by atoms with van der Waals surface area (Å²) in [5.74, 6) is 0.179. The van der Waals surface area contributed by atoms with Crippen LogP contribution in [0.5, 0.6) is 5.75 Å². The first-order valence-corrected chi connectivity index (χ1v) is 9.56. The summed E-state index contributed by atoms with van der Waals surface area (Å²) in [6.07, 6.45) is 3.27. The van der Waals surface area contributed by atoms with Gasteiger partial charge in [-0.05, 0) is 63.4 Å². The van der Waals surface area contributed by atoms with Crippen LogP contribution in [0.2, 0.25) is 0 Å². The average molecular weight is 381 g/mol. The molecule has 1 amide bonds. The summed E-state index contributed by atoms with van der Waals surface area (Å²) in [6.45, 7) is 12.9. The molecular weight excluding hydrogens is 348 g/mol. The van der Waals surface area contributed by atoms with Gasteiger partial charge in [0.1, 0.15) is 5.75 Å². The molecule has 0 bridgehead atoms. The monoisotopic (exact) mass is 380 g/mol. The number of carbonyl (C=O) groups excluding carboxylic acids is 1. The van der Waals surface area contributed by atoms with Gasteiger partial charge in [-0.2, -0.15) is 0 Å². The number of nitrogens with two attached hydrogens (primary N) is 1. The summed E-state index contributed by atoms with van der Waals surface area (Å²) >= 11 is 0. The number of aromatic hydroxyl groups is 1. The largest absolute Gasteiger partial charge is 0.507 e. The number of phenols is 1. The third-order valence-electron chi connectivity index (χ3n) is 4.62. The van der Waals surface area contributed by atoms with Crippen molar-refractivity contribution in [2.75, 3.05) is 5.73 Å². The van der Waals surface area contributed by atoms with Gasteiger partial charge in [0.15, 0.2) is 0 Å². The number of amides is 1. The van der Waals surface area contributed by atoms with Crippen LogP contribution < -0.4 is 11.1 Å². The van der Waals surface area contributed by atoms with E-state index < -0.39 is 0 Å². The third kappa shape index (κ3) is 5.62. The van der Waals surface area contributed by atoms with Gasteiger partial charge in [-0.1, -0.05) is 53.7 Å². The van der Waals surface area contributed by atoms with E-state index in [0.29, 0.717) is 18.0 Å². The summed E-state index contributed by atoms with van der Waals surface area (Å²) < 4.78 is 0. The Labute approximate surface area is 168 Å². The fourth-order valence-corrected chi connectivity index (χ4v) is 2.97. The number of rotatable bonds is 4. The minimum Gasteiger partial charge on any atom is -0.507 e. The van der Waals surface area contributed by atoms with Crippen LogP contribution in [0.4, 0.5) is 5.69 Å². The lowest BCUT2D eigenvalue weighted by Crippen LogP contribution is -2.22. The molecule has 0 saturated carbocycles. The van der Waals surface area contributed by atoms with E-state index in [-0.39, 0.29) is 16.7 Å². The van der Waals surface area contributed by atoms with Crippen molar-refractivity contribution < 1.29 is 9.90 Å². The molecule has 2 aromatic rings. The number of anilines is 1. The molecule has 0 unspecified atom stereocenters. The first-order valence-electron chi connectivity index (χ1n) is 9.56. The second kappa shape index (κ2) is 8.09. The first kappa shape index (κ1) is 21.5. The fraction of sp³-hybridized carbons (Fsp3) is 0.375. The van der Waals surface area contributed by atoms with E-state index in [0.717, 1.165) is 22.3 Å². The molecule has 0 aliphatic rings. The van der Waals surface area contributed by atoms with Gasteiger partial charge in [0.2, 0.25) is 5.91 Å². The molecule has 150 valence electrons. The lowest BCUT2D eigenvalue weighted by atomic mass is 9.78. The van der Waals surface area contributed by atoms with E-state index in [1.54, 1.807) is 18.2 Å². The molecule has 2 rings (SSSR count). The van der Waals surface area contributed by atoms with Crippen molar-refractivity contribution >= 4 is 17.7 Å². The SMILES string of the molecule is CC(C)(C)c1cc(CNC(=O)C=Cc2ccc(N)cc2)cc(C(C)(C)C)c1O. The standard InChI is InChI=1S/C24H32N2O2/c1-23(2,3)19-13-17(14-20(22(19)28)24(4,5)6)15-26-21(27)12-9-16-7-10-18(25)11-8-16/h7-14,28H,15,25H2,1-6H3,(H,26,27). The van der Waals surface area contributed by atoms with E-state index in [9.17, 15) is 9.90 Å². The molecule has 4 nitrogen and oxygen atoms in total. The fourth-order valence-electron chi connectivity index (χ4n) is 2.97. The van der Waals surface area contributed by atoms with E-state index >= 15 is 0 Å². The Morgan fingerprint density at radius 3 is 1.96 bits per heavy atom. The topological polar surface area (TPSA) is 75.4 Å². The normalized spacial score (nSPS) is 12.4. The summed E-state index contributed by atoms with van der Waals surface area (Å²) in [5, 5.41) is 13.7. The quantitative estimate of drug-likeness (QED) is 0.522. The molecule has 4 N–H and O–H groups in total. The van der Waals surface area contributed by atoms with Crippen molar-refractivity contribution in [2.45, 2.75) is 58.9 Å².